The van der Waals surface area contributed by atoms with Gasteiger partial charge in [-0.2, -0.15) is 8.78 Å². The van der Waals surface area contributed by atoms with Gasteiger partial charge < -0.3 is 37.3 Å². The highest BCUT2D eigenvalue weighted by molar-refractivity contribution is 6.07. The van der Waals surface area contributed by atoms with Gasteiger partial charge in [-0.25, -0.2) is 9.78 Å². The van der Waals surface area contributed by atoms with E-state index in [0.29, 0.717) is 30.5 Å². The molecule has 3 amide bonds. The Kier molecular flexibility index (Phi) is 16.3. The number of nitrogens with two attached hydrogens (primary N) is 3. The highest BCUT2D eigenvalue weighted by Gasteiger charge is 2.62. The van der Waals surface area contributed by atoms with Gasteiger partial charge in [0, 0.05) is 30.9 Å². The van der Waals surface area contributed by atoms with Crippen LogP contribution in [-0.4, -0.2) is 95.7 Å². The molecular formula is C43H60F2N8O7. The lowest BCUT2D eigenvalue weighted by molar-refractivity contribution is -0.191. The molecule has 60 heavy (non-hydrogen) atoms. The number of Topliss-reactive ketones (excluding diaryl/α,β-unsaturated/α-hetero) is 2. The summed E-state index contributed by atoms with van der Waals surface area (Å²) in [7, 11) is 0. The molecule has 1 aliphatic carbocycles. The maximum atomic E-state index is 17.5. The lowest BCUT2D eigenvalue weighted by Crippen LogP contribution is -2.71. The topological polar surface area (TPSA) is 250 Å². The van der Waals surface area contributed by atoms with E-state index in [1.54, 1.807) is 65.0 Å². The molecule has 0 saturated heterocycles. The van der Waals surface area contributed by atoms with Gasteiger partial charge in [-0.1, -0.05) is 88.8 Å². The third-order valence-electron chi connectivity index (χ3n) is 11.1. The molecule has 1 fully saturated rings. The van der Waals surface area contributed by atoms with Crippen molar-refractivity contribution in [3.63, 3.8) is 0 Å². The molecule has 2 heterocycles. The standard InChI is InChI=1S/C43H60F2N8O7/c1-6-26(2)33(47)35(54)34(31-19-13-14-20-50-31)53(37(56)32(21-27-15-9-7-10-16-27)52-40(59)60-41(3,4)5)39(58)43(44,45)38(57)42(48,23-28-17-11-8-12-18-28)36(55)30(46)22-29-24-49-25-51-29/h7,9-10,13-16,19-20,24-26,28,30,32-34,38,57H,6,8,11-12,17-18,21-23,46-48H2,1-5H3,(H,49,51)(H,52,59)/t26-,30+,32-,33-,34?,38?,42?/m0/s1. The number of hydrogen-bond acceptors (Lipinski definition) is 12. The third kappa shape index (κ3) is 11.9. The second-order valence-corrected chi connectivity index (χ2v) is 16.9. The van der Waals surface area contributed by atoms with Crippen LogP contribution in [0.3, 0.4) is 0 Å². The van der Waals surface area contributed by atoms with Crippen LogP contribution in [-0.2, 0) is 36.8 Å². The number of H-pyrrole nitrogens is 1. The number of aliphatic hydroxyl groups excluding tert-OH is 1. The molecule has 1 aromatic carbocycles. The zero-order chi connectivity index (χ0) is 44.4. The molecule has 328 valence electrons. The van der Waals surface area contributed by atoms with Gasteiger partial charge in [0.1, 0.15) is 23.2 Å². The molecule has 15 nitrogen and oxygen atoms in total. The number of alkyl halides is 2. The second kappa shape index (κ2) is 20.5. The fourth-order valence-corrected chi connectivity index (χ4v) is 7.56. The van der Waals surface area contributed by atoms with Gasteiger partial charge in [0.2, 0.25) is 0 Å². The fourth-order valence-electron chi connectivity index (χ4n) is 7.56. The predicted octanol–water partition coefficient (Wildman–Crippen LogP) is 4.08. The van der Waals surface area contributed by atoms with E-state index >= 15 is 13.6 Å². The van der Waals surface area contributed by atoms with Gasteiger partial charge >= 0.3 is 17.9 Å². The number of pyridine rings is 1. The maximum absolute atomic E-state index is 17.5. The molecular weight excluding hydrogens is 779 g/mol. The molecule has 0 radical (unpaired) electrons. The summed E-state index contributed by atoms with van der Waals surface area (Å²) in [4.78, 5) is 83.0. The van der Waals surface area contributed by atoms with E-state index < -0.39 is 95.1 Å². The number of ether oxygens (including phenoxy) is 1. The lowest BCUT2D eigenvalue weighted by atomic mass is 9.72. The summed E-state index contributed by atoms with van der Waals surface area (Å²) in [6, 6.07) is 5.40. The van der Waals surface area contributed by atoms with Crippen molar-refractivity contribution in [3.8, 4) is 0 Å². The normalized spacial score (nSPS) is 17.9. The Morgan fingerprint density at radius 1 is 1.00 bits per heavy atom. The summed E-state index contributed by atoms with van der Waals surface area (Å²) >= 11 is 0. The Bertz CT molecular complexity index is 1890. The Morgan fingerprint density at radius 3 is 2.22 bits per heavy atom. The van der Waals surface area contributed by atoms with Crippen molar-refractivity contribution >= 4 is 29.5 Å². The SMILES string of the molecule is CC[C@H](C)[C@H](N)C(=O)C(c1ccccn1)N(C(=O)[C@H](Cc1ccccc1)NC(=O)OC(C)(C)C)C(=O)C(F)(F)C(O)C(N)(CC1CCCCC1)C(=O)[C@H](N)Cc1cnc[nH]1. The number of benzene rings is 1. The molecule has 0 bridgehead atoms. The zero-order valence-corrected chi connectivity index (χ0v) is 35.0. The van der Waals surface area contributed by atoms with E-state index in [1.165, 1.54) is 36.9 Å². The number of halogens is 2. The predicted molar refractivity (Wildman–Crippen MR) is 219 cm³/mol. The minimum atomic E-state index is -5.04. The Labute approximate surface area is 349 Å². The Morgan fingerprint density at radius 2 is 1.65 bits per heavy atom. The number of amides is 3. The maximum Gasteiger partial charge on any atom is 0.408 e. The van der Waals surface area contributed by atoms with Gasteiger partial charge in [0.15, 0.2) is 17.7 Å². The number of nitrogens with one attached hydrogen (secondary N) is 2. The average molecular weight is 839 g/mol. The molecule has 3 unspecified atom stereocenters. The van der Waals surface area contributed by atoms with Gasteiger partial charge in [0.25, 0.3) is 5.91 Å². The quantitative estimate of drug-likeness (QED) is 0.1000. The van der Waals surface area contributed by atoms with E-state index in [4.69, 9.17) is 21.9 Å². The number of aliphatic hydroxyl groups is 1. The first-order chi connectivity index (χ1) is 28.2. The first-order valence-electron chi connectivity index (χ1n) is 20.4. The van der Waals surface area contributed by atoms with E-state index in [-0.39, 0.29) is 23.4 Å². The van der Waals surface area contributed by atoms with Crippen molar-refractivity contribution in [3.05, 3.63) is 84.2 Å². The summed E-state index contributed by atoms with van der Waals surface area (Å²) in [5, 5.41) is 14.3. The minimum Gasteiger partial charge on any atom is -0.444 e. The van der Waals surface area contributed by atoms with E-state index in [1.807, 2.05) is 0 Å². The third-order valence-corrected chi connectivity index (χ3v) is 11.1. The number of ketones is 2. The van der Waals surface area contributed by atoms with Crippen molar-refractivity contribution in [2.45, 2.75) is 140 Å². The van der Waals surface area contributed by atoms with Crippen molar-refractivity contribution in [1.82, 2.24) is 25.2 Å². The molecule has 9 N–H and O–H groups in total. The number of aromatic nitrogens is 3. The second-order valence-electron chi connectivity index (χ2n) is 16.9. The van der Waals surface area contributed by atoms with Crippen LogP contribution in [0.25, 0.3) is 0 Å². The molecule has 0 aliphatic heterocycles. The first-order valence-corrected chi connectivity index (χ1v) is 20.4. The van der Waals surface area contributed by atoms with Crippen LogP contribution in [0.2, 0.25) is 0 Å². The molecule has 2 aromatic heterocycles. The van der Waals surface area contributed by atoms with Crippen LogP contribution in [0, 0.1) is 11.8 Å². The summed E-state index contributed by atoms with van der Waals surface area (Å²) in [6.07, 6.45) is 2.25. The number of nitrogens with zero attached hydrogens (tertiary/aromatic N) is 3. The molecule has 0 spiro atoms. The monoisotopic (exact) mass is 838 g/mol. The number of alkyl carbamates (subject to hydrolysis) is 1. The number of carbonyl (C=O) groups excluding carboxylic acids is 5. The molecule has 3 aromatic rings. The van der Waals surface area contributed by atoms with Crippen molar-refractivity contribution in [1.29, 1.82) is 0 Å². The van der Waals surface area contributed by atoms with Gasteiger partial charge in [-0.3, -0.25) is 29.1 Å². The smallest absolute Gasteiger partial charge is 0.408 e. The van der Waals surface area contributed by atoms with Crippen LogP contribution in [0.1, 0.15) is 103 Å². The molecule has 1 aliphatic rings. The number of hydrogen-bond donors (Lipinski definition) is 6. The number of rotatable bonds is 19. The summed E-state index contributed by atoms with van der Waals surface area (Å²) in [5.41, 5.74) is 16.0. The summed E-state index contributed by atoms with van der Waals surface area (Å²) in [5.74, 6) is -12.0. The summed E-state index contributed by atoms with van der Waals surface area (Å²) in [6.45, 7) is 8.09. The summed E-state index contributed by atoms with van der Waals surface area (Å²) < 4.78 is 40.3. The molecule has 1 saturated carbocycles. The Hall–Kier alpha value is -4.97. The van der Waals surface area contributed by atoms with Crippen molar-refractivity contribution < 1.29 is 42.6 Å². The molecule has 7 atom stereocenters. The number of imidazole rings is 1. The highest BCUT2D eigenvalue weighted by Crippen LogP contribution is 2.39. The van der Waals surface area contributed by atoms with E-state index in [9.17, 15) is 24.3 Å². The zero-order valence-electron chi connectivity index (χ0n) is 35.0. The van der Waals surface area contributed by atoms with Crippen molar-refractivity contribution in [2.24, 2.45) is 29.0 Å². The van der Waals surface area contributed by atoms with E-state index in [2.05, 4.69) is 20.3 Å². The van der Waals surface area contributed by atoms with Crippen LogP contribution >= 0.6 is 0 Å². The first kappa shape index (κ1) is 47.7. The average Bonchev–Trinajstić information content (AvgIpc) is 3.74. The van der Waals surface area contributed by atoms with Gasteiger partial charge in [0.05, 0.1) is 24.1 Å². The molecule has 17 heteroatoms. The van der Waals surface area contributed by atoms with Crippen LogP contribution in [0.4, 0.5) is 13.6 Å². The lowest BCUT2D eigenvalue weighted by Gasteiger charge is -2.42. The van der Waals surface area contributed by atoms with Crippen LogP contribution in [0.15, 0.2) is 67.3 Å². The largest absolute Gasteiger partial charge is 0.444 e. The Balaban J connectivity index is 1.92. The fraction of sp³-hybridized carbons (Fsp3) is 0.558. The number of aromatic amines is 1. The van der Waals surface area contributed by atoms with Gasteiger partial charge in [-0.15, -0.1) is 0 Å². The highest BCUT2D eigenvalue weighted by atomic mass is 19.3. The van der Waals surface area contributed by atoms with Crippen LogP contribution < -0.4 is 22.5 Å². The van der Waals surface area contributed by atoms with Gasteiger partial charge in [-0.05, 0) is 56.7 Å². The van der Waals surface area contributed by atoms with Crippen LogP contribution in [0.5, 0.6) is 0 Å². The number of imide groups is 1. The molecule has 4 rings (SSSR count). The minimum absolute atomic E-state index is 0.00284. The number of carbonyl (C=O) groups is 5. The van der Waals surface area contributed by atoms with Crippen molar-refractivity contribution in [2.75, 3.05) is 0 Å². The van der Waals surface area contributed by atoms with E-state index in [0.717, 1.165) is 19.3 Å².